The maximum atomic E-state index is 10.4. The monoisotopic (exact) mass is 215 g/mol. The van der Waals surface area contributed by atoms with Crippen LogP contribution < -0.4 is 5.32 Å². The standard InChI is InChI=1S/C11H21NO3/c1-3-11(4-2)7-9(5-6-15-11)12-8-10(13)14/h9,12H,3-8H2,1-2H3,(H,13,14). The van der Waals surface area contributed by atoms with Crippen molar-refractivity contribution in [2.75, 3.05) is 13.2 Å². The Balaban J connectivity index is 2.44. The summed E-state index contributed by atoms with van der Waals surface area (Å²) < 4.78 is 5.81. The van der Waals surface area contributed by atoms with Crippen LogP contribution >= 0.6 is 0 Å². The van der Waals surface area contributed by atoms with Crippen LogP contribution in [-0.2, 0) is 9.53 Å². The second-order valence-electron chi connectivity index (χ2n) is 4.20. The first-order valence-electron chi connectivity index (χ1n) is 5.71. The fourth-order valence-electron chi connectivity index (χ4n) is 2.18. The average molecular weight is 215 g/mol. The van der Waals surface area contributed by atoms with Gasteiger partial charge >= 0.3 is 5.97 Å². The van der Waals surface area contributed by atoms with E-state index in [9.17, 15) is 4.79 Å². The molecule has 0 spiro atoms. The molecule has 1 unspecified atom stereocenters. The zero-order chi connectivity index (χ0) is 11.3. The summed E-state index contributed by atoms with van der Waals surface area (Å²) in [4.78, 5) is 10.4. The first kappa shape index (κ1) is 12.5. The number of carboxylic acids is 1. The average Bonchev–Trinajstić information content (AvgIpc) is 2.26. The Morgan fingerprint density at radius 2 is 2.20 bits per heavy atom. The number of aliphatic carboxylic acids is 1. The lowest BCUT2D eigenvalue weighted by Crippen LogP contribution is -2.47. The topological polar surface area (TPSA) is 58.6 Å². The van der Waals surface area contributed by atoms with Crippen molar-refractivity contribution in [3.8, 4) is 0 Å². The van der Waals surface area contributed by atoms with E-state index in [-0.39, 0.29) is 18.2 Å². The molecule has 1 aliphatic heterocycles. The van der Waals surface area contributed by atoms with Gasteiger partial charge in [0.1, 0.15) is 0 Å². The molecule has 1 aliphatic rings. The molecule has 0 radical (unpaired) electrons. The summed E-state index contributed by atoms with van der Waals surface area (Å²) in [6, 6.07) is 0.287. The zero-order valence-corrected chi connectivity index (χ0v) is 9.58. The number of carbonyl (C=O) groups is 1. The molecule has 1 atom stereocenters. The van der Waals surface area contributed by atoms with E-state index in [1.807, 2.05) is 0 Å². The van der Waals surface area contributed by atoms with Crippen molar-refractivity contribution < 1.29 is 14.6 Å². The molecule has 1 saturated heterocycles. The third-order valence-corrected chi connectivity index (χ3v) is 3.32. The van der Waals surface area contributed by atoms with Gasteiger partial charge in [0.2, 0.25) is 0 Å². The maximum Gasteiger partial charge on any atom is 0.317 e. The van der Waals surface area contributed by atoms with E-state index >= 15 is 0 Å². The van der Waals surface area contributed by atoms with Crippen molar-refractivity contribution in [3.63, 3.8) is 0 Å². The van der Waals surface area contributed by atoms with E-state index in [1.165, 1.54) is 0 Å². The van der Waals surface area contributed by atoms with Crippen LogP contribution in [0.15, 0.2) is 0 Å². The molecule has 15 heavy (non-hydrogen) atoms. The third kappa shape index (κ3) is 3.47. The summed E-state index contributed by atoms with van der Waals surface area (Å²) in [6.07, 6.45) is 3.83. The van der Waals surface area contributed by atoms with Crippen molar-refractivity contribution in [2.24, 2.45) is 0 Å². The molecule has 1 rings (SSSR count). The molecule has 2 N–H and O–H groups in total. The number of hydrogen-bond acceptors (Lipinski definition) is 3. The highest BCUT2D eigenvalue weighted by Crippen LogP contribution is 2.31. The molecule has 0 saturated carbocycles. The molecule has 88 valence electrons. The van der Waals surface area contributed by atoms with Gasteiger partial charge in [-0.05, 0) is 25.7 Å². The van der Waals surface area contributed by atoms with Gasteiger partial charge in [-0.25, -0.2) is 0 Å². The molecule has 0 aromatic heterocycles. The Labute approximate surface area is 91.0 Å². The fourth-order valence-corrected chi connectivity index (χ4v) is 2.18. The lowest BCUT2D eigenvalue weighted by atomic mass is 9.86. The molecule has 4 nitrogen and oxygen atoms in total. The molecule has 1 heterocycles. The summed E-state index contributed by atoms with van der Waals surface area (Å²) in [6.45, 7) is 5.04. The van der Waals surface area contributed by atoms with Crippen LogP contribution in [-0.4, -0.2) is 35.9 Å². The molecular formula is C11H21NO3. The third-order valence-electron chi connectivity index (χ3n) is 3.32. The normalized spacial score (nSPS) is 25.1. The van der Waals surface area contributed by atoms with Crippen molar-refractivity contribution in [2.45, 2.75) is 51.2 Å². The summed E-state index contributed by atoms with van der Waals surface area (Å²) in [5, 5.41) is 11.7. The predicted molar refractivity (Wildman–Crippen MR) is 57.9 cm³/mol. The van der Waals surface area contributed by atoms with Crippen molar-refractivity contribution in [1.29, 1.82) is 0 Å². The van der Waals surface area contributed by atoms with Crippen LogP contribution in [0.5, 0.6) is 0 Å². The zero-order valence-electron chi connectivity index (χ0n) is 9.58. The minimum atomic E-state index is -0.792. The number of carboxylic acid groups (broad SMARTS) is 1. The van der Waals surface area contributed by atoms with Gasteiger partial charge in [-0.1, -0.05) is 13.8 Å². The van der Waals surface area contributed by atoms with Gasteiger partial charge in [-0.2, -0.15) is 0 Å². The van der Waals surface area contributed by atoms with Crippen molar-refractivity contribution in [3.05, 3.63) is 0 Å². The first-order chi connectivity index (χ1) is 7.12. The molecule has 0 aromatic carbocycles. The van der Waals surface area contributed by atoms with Crippen LogP contribution in [0.25, 0.3) is 0 Å². The predicted octanol–water partition coefficient (Wildman–Crippen LogP) is 1.40. The van der Waals surface area contributed by atoms with Gasteiger partial charge in [0.25, 0.3) is 0 Å². The van der Waals surface area contributed by atoms with Crippen LogP contribution in [0.3, 0.4) is 0 Å². The first-order valence-corrected chi connectivity index (χ1v) is 5.71. The van der Waals surface area contributed by atoms with Gasteiger partial charge in [0.15, 0.2) is 0 Å². The van der Waals surface area contributed by atoms with Crippen LogP contribution in [0.2, 0.25) is 0 Å². The Hall–Kier alpha value is -0.610. The lowest BCUT2D eigenvalue weighted by molar-refractivity contribution is -0.137. The largest absolute Gasteiger partial charge is 0.480 e. The second kappa shape index (κ2) is 5.47. The Morgan fingerprint density at radius 1 is 1.53 bits per heavy atom. The van der Waals surface area contributed by atoms with Gasteiger partial charge in [0.05, 0.1) is 12.1 Å². The van der Waals surface area contributed by atoms with Gasteiger partial charge in [-0.3, -0.25) is 4.79 Å². The fraction of sp³-hybridized carbons (Fsp3) is 0.909. The van der Waals surface area contributed by atoms with Gasteiger partial charge in [-0.15, -0.1) is 0 Å². The molecular weight excluding hydrogens is 194 g/mol. The molecule has 0 amide bonds. The number of ether oxygens (including phenoxy) is 1. The highest BCUT2D eigenvalue weighted by molar-refractivity contribution is 5.69. The van der Waals surface area contributed by atoms with E-state index in [4.69, 9.17) is 9.84 Å². The molecule has 1 fully saturated rings. The summed E-state index contributed by atoms with van der Waals surface area (Å²) in [5.74, 6) is -0.792. The van der Waals surface area contributed by atoms with E-state index in [0.717, 1.165) is 32.3 Å². The van der Waals surface area contributed by atoms with Crippen LogP contribution in [0, 0.1) is 0 Å². The SMILES string of the molecule is CCC1(CC)CC(NCC(=O)O)CCO1. The van der Waals surface area contributed by atoms with E-state index < -0.39 is 5.97 Å². The van der Waals surface area contributed by atoms with E-state index in [0.29, 0.717) is 0 Å². The number of hydrogen-bond donors (Lipinski definition) is 2. The van der Waals surface area contributed by atoms with Gasteiger partial charge in [0, 0.05) is 12.6 Å². The Kier molecular flexibility index (Phi) is 4.54. The summed E-state index contributed by atoms with van der Waals surface area (Å²) in [7, 11) is 0. The maximum absolute atomic E-state index is 10.4. The summed E-state index contributed by atoms with van der Waals surface area (Å²) >= 11 is 0. The highest BCUT2D eigenvalue weighted by atomic mass is 16.5. The Morgan fingerprint density at radius 3 is 2.73 bits per heavy atom. The number of nitrogens with one attached hydrogen (secondary N) is 1. The number of rotatable bonds is 5. The van der Waals surface area contributed by atoms with Crippen molar-refractivity contribution in [1.82, 2.24) is 5.32 Å². The van der Waals surface area contributed by atoms with E-state index in [1.54, 1.807) is 0 Å². The molecule has 0 aliphatic carbocycles. The minimum absolute atomic E-state index is 0.0333. The molecule has 0 aromatic rings. The van der Waals surface area contributed by atoms with Crippen LogP contribution in [0.4, 0.5) is 0 Å². The van der Waals surface area contributed by atoms with Crippen molar-refractivity contribution >= 4 is 5.97 Å². The molecule has 4 heteroatoms. The quantitative estimate of drug-likeness (QED) is 0.727. The smallest absolute Gasteiger partial charge is 0.317 e. The van der Waals surface area contributed by atoms with Crippen LogP contribution in [0.1, 0.15) is 39.5 Å². The summed E-state index contributed by atoms with van der Waals surface area (Å²) in [5.41, 5.74) is -0.0333. The lowest BCUT2D eigenvalue weighted by Gasteiger charge is -2.40. The highest BCUT2D eigenvalue weighted by Gasteiger charge is 2.34. The molecule has 0 bridgehead atoms. The van der Waals surface area contributed by atoms with Gasteiger partial charge < -0.3 is 15.2 Å². The van der Waals surface area contributed by atoms with E-state index in [2.05, 4.69) is 19.2 Å². The second-order valence-corrected chi connectivity index (χ2v) is 4.20. The minimum Gasteiger partial charge on any atom is -0.480 e. The Bertz CT molecular complexity index is 214.